The zero-order valence-corrected chi connectivity index (χ0v) is 20.1. The molecule has 5 heteroatoms. The Labute approximate surface area is 182 Å². The molecule has 0 fully saturated rings. The van der Waals surface area contributed by atoms with E-state index in [1.807, 2.05) is 0 Å². The lowest BCUT2D eigenvalue weighted by atomic mass is 10.0. The van der Waals surface area contributed by atoms with Gasteiger partial charge in [-0.15, -0.1) is 0 Å². The molecule has 2 N–H and O–H groups in total. The van der Waals surface area contributed by atoms with Gasteiger partial charge in [0.2, 0.25) is 0 Å². The molecule has 0 bridgehead atoms. The van der Waals surface area contributed by atoms with Crippen molar-refractivity contribution in [2.24, 2.45) is 0 Å². The highest BCUT2D eigenvalue weighted by atomic mass is 32.2. The van der Waals surface area contributed by atoms with Gasteiger partial charge in [-0.3, -0.25) is 4.55 Å². The maximum Gasteiger partial charge on any atom is 0.264 e. The SMILES string of the molecule is CCCCCCCCC(O)CCCCCCCCCCCCCCCS(=O)(=O)O. The normalized spacial score (nSPS) is 13.1. The average molecular weight is 435 g/mol. The van der Waals surface area contributed by atoms with E-state index in [-0.39, 0.29) is 11.9 Å². The van der Waals surface area contributed by atoms with Crippen molar-refractivity contribution < 1.29 is 18.1 Å². The Morgan fingerprint density at radius 1 is 0.552 bits per heavy atom. The number of aliphatic hydroxyl groups excluding tert-OH is 1. The quantitative estimate of drug-likeness (QED) is 0.129. The molecule has 0 aromatic heterocycles. The smallest absolute Gasteiger partial charge is 0.264 e. The molecule has 0 aliphatic carbocycles. The van der Waals surface area contributed by atoms with Crippen molar-refractivity contribution in [3.63, 3.8) is 0 Å². The molecule has 0 aromatic carbocycles. The predicted molar refractivity (Wildman–Crippen MR) is 125 cm³/mol. The van der Waals surface area contributed by atoms with E-state index in [0.29, 0.717) is 6.42 Å². The van der Waals surface area contributed by atoms with Crippen LogP contribution in [0.2, 0.25) is 0 Å². The highest BCUT2D eigenvalue weighted by molar-refractivity contribution is 7.85. The molecule has 29 heavy (non-hydrogen) atoms. The number of hydrogen-bond donors (Lipinski definition) is 2. The van der Waals surface area contributed by atoms with Gasteiger partial charge in [-0.1, -0.05) is 122 Å². The van der Waals surface area contributed by atoms with Crippen LogP contribution < -0.4 is 0 Å². The van der Waals surface area contributed by atoms with Gasteiger partial charge in [0.05, 0.1) is 11.9 Å². The summed E-state index contributed by atoms with van der Waals surface area (Å²) >= 11 is 0. The molecular weight excluding hydrogens is 384 g/mol. The van der Waals surface area contributed by atoms with E-state index in [9.17, 15) is 13.5 Å². The zero-order valence-electron chi connectivity index (χ0n) is 19.3. The minimum atomic E-state index is -3.77. The van der Waals surface area contributed by atoms with Crippen molar-refractivity contribution in [3.05, 3.63) is 0 Å². The fourth-order valence-corrected chi connectivity index (χ4v) is 4.48. The van der Waals surface area contributed by atoms with E-state index in [4.69, 9.17) is 4.55 Å². The van der Waals surface area contributed by atoms with Crippen LogP contribution in [0.1, 0.15) is 142 Å². The van der Waals surface area contributed by atoms with Gasteiger partial charge in [-0.2, -0.15) is 8.42 Å². The minimum Gasteiger partial charge on any atom is -0.393 e. The second-order valence-electron chi connectivity index (χ2n) is 8.88. The fourth-order valence-electron chi connectivity index (χ4n) is 3.91. The van der Waals surface area contributed by atoms with Gasteiger partial charge in [0.15, 0.2) is 0 Å². The van der Waals surface area contributed by atoms with Crippen LogP contribution >= 0.6 is 0 Å². The van der Waals surface area contributed by atoms with Gasteiger partial charge in [0.25, 0.3) is 10.1 Å². The third-order valence-electron chi connectivity index (χ3n) is 5.83. The maximum absolute atomic E-state index is 10.6. The maximum atomic E-state index is 10.6. The molecule has 4 nitrogen and oxygen atoms in total. The van der Waals surface area contributed by atoms with E-state index in [2.05, 4.69) is 6.92 Å². The third kappa shape index (κ3) is 25.8. The molecule has 0 heterocycles. The van der Waals surface area contributed by atoms with Gasteiger partial charge in [0.1, 0.15) is 0 Å². The molecule has 0 rings (SSSR count). The predicted octanol–water partition coefficient (Wildman–Crippen LogP) is 7.45. The Kier molecular flexibility index (Phi) is 21.0. The van der Waals surface area contributed by atoms with E-state index in [1.54, 1.807) is 0 Å². The molecule has 0 amide bonds. The molecular formula is C24H50O4S. The molecule has 1 atom stereocenters. The fraction of sp³-hybridized carbons (Fsp3) is 1.00. The Morgan fingerprint density at radius 3 is 1.21 bits per heavy atom. The van der Waals surface area contributed by atoms with Crippen LogP contribution in [0, 0.1) is 0 Å². The molecule has 0 saturated carbocycles. The molecule has 0 radical (unpaired) electrons. The van der Waals surface area contributed by atoms with Gasteiger partial charge < -0.3 is 5.11 Å². The second kappa shape index (κ2) is 21.1. The lowest BCUT2D eigenvalue weighted by molar-refractivity contribution is 0.147. The van der Waals surface area contributed by atoms with Crippen LogP contribution in [0.3, 0.4) is 0 Å². The summed E-state index contributed by atoms with van der Waals surface area (Å²) in [5.74, 6) is -0.0922. The summed E-state index contributed by atoms with van der Waals surface area (Å²) in [6.45, 7) is 2.25. The van der Waals surface area contributed by atoms with Crippen molar-refractivity contribution >= 4 is 10.1 Å². The molecule has 0 aliphatic rings. The first kappa shape index (κ1) is 28.9. The van der Waals surface area contributed by atoms with Crippen LogP contribution in [0.25, 0.3) is 0 Å². The first-order valence-corrected chi connectivity index (χ1v) is 14.2. The zero-order chi connectivity index (χ0) is 21.6. The number of rotatable bonds is 23. The Hall–Kier alpha value is -0.130. The summed E-state index contributed by atoms with van der Waals surface area (Å²) in [5, 5.41) is 10.0. The molecule has 1 unspecified atom stereocenters. The van der Waals surface area contributed by atoms with E-state index in [1.165, 1.54) is 103 Å². The van der Waals surface area contributed by atoms with E-state index >= 15 is 0 Å². The third-order valence-corrected chi connectivity index (χ3v) is 6.64. The summed E-state index contributed by atoms with van der Waals surface area (Å²) in [4.78, 5) is 0. The summed E-state index contributed by atoms with van der Waals surface area (Å²) in [5.41, 5.74) is 0. The van der Waals surface area contributed by atoms with Crippen LogP contribution in [0.4, 0.5) is 0 Å². The Bertz CT molecular complexity index is 423. The van der Waals surface area contributed by atoms with Crippen molar-refractivity contribution in [1.29, 1.82) is 0 Å². The number of hydrogen-bond acceptors (Lipinski definition) is 3. The minimum absolute atomic E-state index is 0.0748. The van der Waals surface area contributed by atoms with Crippen molar-refractivity contribution in [2.75, 3.05) is 5.75 Å². The summed E-state index contributed by atoms with van der Waals surface area (Å²) in [6, 6.07) is 0. The van der Waals surface area contributed by atoms with Crippen molar-refractivity contribution in [1.82, 2.24) is 0 Å². The lowest BCUT2D eigenvalue weighted by Crippen LogP contribution is -2.05. The highest BCUT2D eigenvalue weighted by Gasteiger charge is 2.04. The Balaban J connectivity index is 3.16. The van der Waals surface area contributed by atoms with E-state index < -0.39 is 10.1 Å². The van der Waals surface area contributed by atoms with Gasteiger partial charge in [-0.05, 0) is 19.3 Å². The van der Waals surface area contributed by atoms with Gasteiger partial charge in [0, 0.05) is 0 Å². The average Bonchev–Trinajstić information content (AvgIpc) is 2.66. The largest absolute Gasteiger partial charge is 0.393 e. The first-order chi connectivity index (χ1) is 14.0. The molecule has 0 saturated heterocycles. The number of aliphatic hydroxyl groups is 1. The molecule has 0 aliphatic heterocycles. The van der Waals surface area contributed by atoms with Gasteiger partial charge in [-0.25, -0.2) is 0 Å². The standard InChI is InChI=1S/C24H50O4S/c1-2-3-4-5-15-18-21-24(25)22-19-16-13-11-9-7-6-8-10-12-14-17-20-23-29(26,27)28/h24-25H,2-23H2,1H3,(H,26,27,28). The van der Waals surface area contributed by atoms with Crippen molar-refractivity contribution in [3.8, 4) is 0 Å². The van der Waals surface area contributed by atoms with Crippen LogP contribution in [0.5, 0.6) is 0 Å². The number of unbranched alkanes of at least 4 members (excludes halogenated alkanes) is 17. The van der Waals surface area contributed by atoms with Crippen LogP contribution in [0.15, 0.2) is 0 Å². The lowest BCUT2D eigenvalue weighted by Gasteiger charge is -2.10. The molecule has 176 valence electrons. The van der Waals surface area contributed by atoms with Crippen LogP contribution in [-0.2, 0) is 10.1 Å². The summed E-state index contributed by atoms with van der Waals surface area (Å²) < 4.78 is 29.9. The summed E-state index contributed by atoms with van der Waals surface area (Å²) in [7, 11) is -3.77. The Morgan fingerprint density at radius 2 is 0.862 bits per heavy atom. The topological polar surface area (TPSA) is 74.6 Å². The first-order valence-electron chi connectivity index (χ1n) is 12.6. The molecule has 0 aromatic rings. The second-order valence-corrected chi connectivity index (χ2v) is 10.5. The van der Waals surface area contributed by atoms with Gasteiger partial charge >= 0.3 is 0 Å². The van der Waals surface area contributed by atoms with Crippen LogP contribution in [-0.4, -0.2) is 29.9 Å². The molecule has 0 spiro atoms. The van der Waals surface area contributed by atoms with E-state index in [0.717, 1.165) is 25.7 Å². The summed E-state index contributed by atoms with van der Waals surface area (Å²) in [6.07, 6.45) is 25.0. The highest BCUT2D eigenvalue weighted by Crippen LogP contribution is 2.15. The van der Waals surface area contributed by atoms with Crippen molar-refractivity contribution in [2.45, 2.75) is 148 Å². The monoisotopic (exact) mass is 434 g/mol.